The van der Waals surface area contributed by atoms with Crippen LogP contribution in [0.2, 0.25) is 15.2 Å². The highest BCUT2D eigenvalue weighted by atomic mass is 35.5. The van der Waals surface area contributed by atoms with Gasteiger partial charge in [-0.15, -0.1) is 0 Å². The number of benzene rings is 2. The molecule has 0 fully saturated rings. The first kappa shape index (κ1) is 21.6. The highest BCUT2D eigenvalue weighted by molar-refractivity contribution is 6.45. The lowest BCUT2D eigenvalue weighted by Crippen LogP contribution is -2.37. The predicted molar refractivity (Wildman–Crippen MR) is 123 cm³/mol. The number of halogens is 3. The van der Waals surface area contributed by atoms with Crippen LogP contribution >= 0.6 is 34.8 Å². The van der Waals surface area contributed by atoms with Gasteiger partial charge in [0.1, 0.15) is 16.7 Å². The number of pyridine rings is 1. The molecule has 1 atom stereocenters. The van der Waals surface area contributed by atoms with Gasteiger partial charge in [0.2, 0.25) is 0 Å². The number of anilines is 1. The van der Waals surface area contributed by atoms with Gasteiger partial charge in [-0.3, -0.25) is 0 Å². The fraction of sp³-hybridized carbons (Fsp3) is 0.217. The van der Waals surface area contributed by atoms with Gasteiger partial charge in [0, 0.05) is 6.54 Å². The van der Waals surface area contributed by atoms with E-state index < -0.39 is 0 Å². The molecule has 0 N–H and O–H groups in total. The van der Waals surface area contributed by atoms with E-state index in [9.17, 15) is 5.26 Å². The summed E-state index contributed by atoms with van der Waals surface area (Å²) in [6.07, 6.45) is 0.728. The van der Waals surface area contributed by atoms with Gasteiger partial charge in [0.25, 0.3) is 0 Å². The molecule has 0 bridgehead atoms. The van der Waals surface area contributed by atoms with Gasteiger partial charge in [-0.2, -0.15) is 5.26 Å². The van der Waals surface area contributed by atoms with Crippen molar-refractivity contribution in [2.75, 3.05) is 25.7 Å². The number of hydrogen-bond donors (Lipinski definition) is 0. The molecule has 2 aromatic carbocycles. The number of ether oxygens (including phenoxy) is 2. The summed E-state index contributed by atoms with van der Waals surface area (Å²) < 4.78 is 11.0. The molecular weight excluding hydrogens is 457 g/mol. The molecule has 2 heterocycles. The van der Waals surface area contributed by atoms with Crippen LogP contribution in [0.15, 0.2) is 42.5 Å². The first-order valence-corrected chi connectivity index (χ1v) is 10.6. The van der Waals surface area contributed by atoms with Crippen molar-refractivity contribution in [2.45, 2.75) is 12.5 Å². The highest BCUT2D eigenvalue weighted by Gasteiger charge is 2.33. The Kier molecular flexibility index (Phi) is 6.15. The van der Waals surface area contributed by atoms with Crippen LogP contribution < -0.4 is 14.4 Å². The second kappa shape index (κ2) is 8.84. The average Bonchev–Trinajstić information content (AvgIpc) is 2.80. The van der Waals surface area contributed by atoms with Crippen molar-refractivity contribution in [3.8, 4) is 17.6 Å². The average molecular weight is 475 g/mol. The molecule has 3 aromatic rings. The van der Waals surface area contributed by atoms with Crippen molar-refractivity contribution >= 4 is 40.6 Å². The Balaban J connectivity index is 1.94. The van der Waals surface area contributed by atoms with Crippen LogP contribution in [0.3, 0.4) is 0 Å². The number of rotatable bonds is 4. The molecule has 0 amide bonds. The Morgan fingerprint density at radius 1 is 1.03 bits per heavy atom. The van der Waals surface area contributed by atoms with E-state index in [0.717, 1.165) is 23.1 Å². The van der Waals surface area contributed by atoms with Crippen LogP contribution in [-0.2, 0) is 6.42 Å². The van der Waals surface area contributed by atoms with E-state index in [1.54, 1.807) is 14.2 Å². The summed E-state index contributed by atoms with van der Waals surface area (Å²) in [6, 6.07) is 15.8. The molecule has 0 saturated carbocycles. The summed E-state index contributed by atoms with van der Waals surface area (Å²) in [5.74, 6) is 1.76. The SMILES string of the molecule is COc1cc2c(cc1OC)C(c1ccccc1)N(c1nc(Cl)c(C#N)c(Cl)c1Cl)CC2. The summed E-state index contributed by atoms with van der Waals surface area (Å²) in [5, 5.41) is 9.66. The monoisotopic (exact) mass is 473 g/mol. The number of hydrogen-bond acceptors (Lipinski definition) is 5. The number of methoxy groups -OCH3 is 2. The summed E-state index contributed by atoms with van der Waals surface area (Å²) in [4.78, 5) is 6.51. The van der Waals surface area contributed by atoms with Crippen molar-refractivity contribution in [1.82, 2.24) is 4.98 Å². The van der Waals surface area contributed by atoms with E-state index in [0.29, 0.717) is 23.9 Å². The molecule has 8 heteroatoms. The Morgan fingerprint density at radius 2 is 1.71 bits per heavy atom. The Morgan fingerprint density at radius 3 is 2.35 bits per heavy atom. The summed E-state index contributed by atoms with van der Waals surface area (Å²) in [6.45, 7) is 0.618. The molecule has 0 spiro atoms. The molecular formula is C23H18Cl3N3O2. The molecule has 5 nitrogen and oxygen atoms in total. The van der Waals surface area contributed by atoms with E-state index in [1.807, 2.05) is 48.5 Å². The van der Waals surface area contributed by atoms with E-state index in [4.69, 9.17) is 44.3 Å². The van der Waals surface area contributed by atoms with Crippen molar-refractivity contribution in [3.05, 3.63) is 79.9 Å². The minimum Gasteiger partial charge on any atom is -0.493 e. The lowest BCUT2D eigenvalue weighted by atomic mass is 9.87. The first-order valence-electron chi connectivity index (χ1n) is 9.51. The topological polar surface area (TPSA) is 58.4 Å². The second-order valence-corrected chi connectivity index (χ2v) is 8.12. The maximum atomic E-state index is 9.34. The number of nitrogens with zero attached hydrogens (tertiary/aromatic N) is 3. The molecule has 1 aliphatic heterocycles. The Labute approximate surface area is 195 Å². The number of nitriles is 1. The van der Waals surface area contributed by atoms with Gasteiger partial charge >= 0.3 is 0 Å². The summed E-state index contributed by atoms with van der Waals surface area (Å²) >= 11 is 19.2. The van der Waals surface area contributed by atoms with Crippen LogP contribution in [0.25, 0.3) is 0 Å². The third-order valence-corrected chi connectivity index (χ3v) is 6.50. The maximum Gasteiger partial charge on any atom is 0.161 e. The smallest absolute Gasteiger partial charge is 0.161 e. The second-order valence-electron chi connectivity index (χ2n) is 7.00. The standard InChI is InChI=1S/C23H18Cl3N3O2/c1-30-17-10-14-8-9-29(23-20(25)19(24)16(12-27)22(26)28-23)21(13-6-4-3-5-7-13)15(14)11-18(17)31-2/h3-7,10-11,21H,8-9H2,1-2H3. The molecule has 31 heavy (non-hydrogen) atoms. The fourth-order valence-electron chi connectivity index (χ4n) is 3.95. The normalized spacial score (nSPS) is 15.2. The Hall–Kier alpha value is -2.65. The highest BCUT2D eigenvalue weighted by Crippen LogP contribution is 2.45. The zero-order chi connectivity index (χ0) is 22.1. The van der Waals surface area contributed by atoms with Crippen molar-refractivity contribution in [3.63, 3.8) is 0 Å². The zero-order valence-electron chi connectivity index (χ0n) is 16.8. The van der Waals surface area contributed by atoms with Crippen LogP contribution in [0.4, 0.5) is 5.82 Å². The molecule has 1 aromatic heterocycles. The summed E-state index contributed by atoms with van der Waals surface area (Å²) in [7, 11) is 3.24. The van der Waals surface area contributed by atoms with Crippen molar-refractivity contribution < 1.29 is 9.47 Å². The maximum absolute atomic E-state index is 9.34. The van der Waals surface area contributed by atoms with Gasteiger partial charge in [-0.1, -0.05) is 65.1 Å². The zero-order valence-corrected chi connectivity index (χ0v) is 19.1. The van der Waals surface area contributed by atoms with Crippen molar-refractivity contribution in [1.29, 1.82) is 5.26 Å². The van der Waals surface area contributed by atoms with Gasteiger partial charge in [-0.05, 0) is 35.2 Å². The van der Waals surface area contributed by atoms with Gasteiger partial charge < -0.3 is 14.4 Å². The third kappa shape index (κ3) is 3.76. The molecule has 0 aliphatic carbocycles. The largest absolute Gasteiger partial charge is 0.493 e. The van der Waals surface area contributed by atoms with E-state index in [2.05, 4.69) is 9.88 Å². The molecule has 4 rings (SSSR count). The van der Waals surface area contributed by atoms with E-state index >= 15 is 0 Å². The Bertz CT molecular complexity index is 1180. The molecule has 0 saturated heterocycles. The van der Waals surface area contributed by atoms with Crippen LogP contribution in [0.1, 0.15) is 28.3 Å². The lowest BCUT2D eigenvalue weighted by molar-refractivity contribution is 0.353. The van der Waals surface area contributed by atoms with Gasteiger partial charge in [0.15, 0.2) is 22.5 Å². The van der Waals surface area contributed by atoms with Crippen LogP contribution in [0, 0.1) is 11.3 Å². The van der Waals surface area contributed by atoms with E-state index in [-0.39, 0.29) is 26.8 Å². The van der Waals surface area contributed by atoms with Crippen LogP contribution in [0.5, 0.6) is 11.5 Å². The quantitative estimate of drug-likeness (QED) is 0.429. The summed E-state index contributed by atoms with van der Waals surface area (Å²) in [5.41, 5.74) is 3.30. The number of fused-ring (bicyclic) bond motifs is 1. The fourth-order valence-corrected chi connectivity index (χ4v) is 4.68. The minimum absolute atomic E-state index is 0.0248. The molecule has 158 valence electrons. The molecule has 1 unspecified atom stereocenters. The van der Waals surface area contributed by atoms with E-state index in [1.165, 1.54) is 0 Å². The number of aromatic nitrogens is 1. The van der Waals surface area contributed by atoms with Gasteiger partial charge in [-0.25, -0.2) is 4.98 Å². The van der Waals surface area contributed by atoms with Gasteiger partial charge in [0.05, 0.1) is 25.3 Å². The van der Waals surface area contributed by atoms with Crippen molar-refractivity contribution in [2.24, 2.45) is 0 Å². The first-order chi connectivity index (χ1) is 15.0. The third-order valence-electron chi connectivity index (χ3n) is 5.39. The molecule has 1 aliphatic rings. The minimum atomic E-state index is -0.213. The lowest BCUT2D eigenvalue weighted by Gasteiger charge is -2.39. The molecule has 0 radical (unpaired) electrons. The predicted octanol–water partition coefficient (Wildman–Crippen LogP) is 6.08. The van der Waals surface area contributed by atoms with Crippen LogP contribution in [-0.4, -0.2) is 25.7 Å².